The van der Waals surface area contributed by atoms with E-state index in [9.17, 15) is 4.39 Å². The summed E-state index contributed by atoms with van der Waals surface area (Å²) in [5.41, 5.74) is 1.27. The van der Waals surface area contributed by atoms with Gasteiger partial charge in [-0.3, -0.25) is 0 Å². The molecule has 0 aromatic heterocycles. The van der Waals surface area contributed by atoms with Crippen LogP contribution in [-0.4, -0.2) is 0 Å². The molecule has 0 fully saturated rings. The molecule has 0 radical (unpaired) electrons. The van der Waals surface area contributed by atoms with E-state index in [0.29, 0.717) is 0 Å². The first-order chi connectivity index (χ1) is 9.11. The van der Waals surface area contributed by atoms with E-state index < -0.39 is 0 Å². The maximum Gasteiger partial charge on any atom is 0.123 e. The van der Waals surface area contributed by atoms with Crippen molar-refractivity contribution in [1.82, 2.24) is 0 Å². The Morgan fingerprint density at radius 2 is 1.58 bits per heavy atom. The number of hydrogen-bond donors (Lipinski definition) is 0. The van der Waals surface area contributed by atoms with E-state index in [-0.39, 0.29) is 5.82 Å². The normalized spacial score (nSPS) is 12.9. The molecule has 0 bridgehead atoms. The molecular weight excluding hydrogens is 235 g/mol. The molecule has 19 heavy (non-hydrogen) atoms. The van der Waals surface area contributed by atoms with Gasteiger partial charge in [0.25, 0.3) is 0 Å². The molecule has 1 aromatic rings. The molecule has 0 spiro atoms. The standard InChI is InChI=1S/C18H29F/c1-4-16(9-7-5-6-8-15(2)3)14-17-10-12-18(19)13-11-17/h10-13,15-16H,4-9,14H2,1-3H3. The van der Waals surface area contributed by atoms with Gasteiger partial charge in [-0.2, -0.15) is 0 Å². The van der Waals surface area contributed by atoms with Gasteiger partial charge in [-0.05, 0) is 36.0 Å². The Morgan fingerprint density at radius 3 is 2.16 bits per heavy atom. The first-order valence-corrected chi connectivity index (χ1v) is 7.86. The third-order valence-electron chi connectivity index (χ3n) is 3.91. The monoisotopic (exact) mass is 264 g/mol. The van der Waals surface area contributed by atoms with Gasteiger partial charge in [-0.15, -0.1) is 0 Å². The summed E-state index contributed by atoms with van der Waals surface area (Å²) in [6.07, 6.45) is 9.05. The van der Waals surface area contributed by atoms with Gasteiger partial charge >= 0.3 is 0 Å². The van der Waals surface area contributed by atoms with E-state index in [1.54, 1.807) is 12.1 Å². The fraction of sp³-hybridized carbons (Fsp3) is 0.667. The third kappa shape index (κ3) is 7.34. The zero-order valence-electron chi connectivity index (χ0n) is 12.8. The first-order valence-electron chi connectivity index (χ1n) is 7.86. The fourth-order valence-electron chi connectivity index (χ4n) is 2.57. The number of benzene rings is 1. The third-order valence-corrected chi connectivity index (χ3v) is 3.91. The van der Waals surface area contributed by atoms with Crippen molar-refractivity contribution in [1.29, 1.82) is 0 Å². The van der Waals surface area contributed by atoms with Crippen molar-refractivity contribution in [2.45, 2.75) is 65.7 Å². The van der Waals surface area contributed by atoms with E-state index in [1.165, 1.54) is 44.1 Å². The average Bonchev–Trinajstić information content (AvgIpc) is 2.39. The fourth-order valence-corrected chi connectivity index (χ4v) is 2.57. The molecule has 1 atom stereocenters. The van der Waals surface area contributed by atoms with Crippen molar-refractivity contribution in [2.24, 2.45) is 11.8 Å². The molecule has 0 aliphatic heterocycles. The lowest BCUT2D eigenvalue weighted by molar-refractivity contribution is 0.429. The van der Waals surface area contributed by atoms with Crippen LogP contribution in [0, 0.1) is 17.7 Å². The van der Waals surface area contributed by atoms with Crippen LogP contribution in [0.5, 0.6) is 0 Å². The highest BCUT2D eigenvalue weighted by Crippen LogP contribution is 2.20. The van der Waals surface area contributed by atoms with Crippen molar-refractivity contribution in [3.63, 3.8) is 0 Å². The Bertz CT molecular complexity index is 326. The van der Waals surface area contributed by atoms with Gasteiger partial charge in [0.05, 0.1) is 0 Å². The Hall–Kier alpha value is -0.850. The van der Waals surface area contributed by atoms with Gasteiger partial charge in [-0.25, -0.2) is 4.39 Å². The van der Waals surface area contributed by atoms with Crippen LogP contribution in [0.1, 0.15) is 64.9 Å². The highest BCUT2D eigenvalue weighted by Gasteiger charge is 2.07. The summed E-state index contributed by atoms with van der Waals surface area (Å²) in [5.74, 6) is 1.45. The van der Waals surface area contributed by atoms with Crippen LogP contribution in [0.3, 0.4) is 0 Å². The number of rotatable bonds is 9. The Labute approximate surface area is 118 Å². The molecule has 1 rings (SSSR count). The second kappa shape index (κ2) is 9.12. The molecule has 108 valence electrons. The lowest BCUT2D eigenvalue weighted by atomic mass is 9.91. The Kier molecular flexibility index (Phi) is 7.78. The molecule has 1 unspecified atom stereocenters. The molecule has 0 heterocycles. The molecule has 0 saturated carbocycles. The molecule has 0 amide bonds. The summed E-state index contributed by atoms with van der Waals surface area (Å²) in [6.45, 7) is 6.86. The van der Waals surface area contributed by atoms with Gasteiger partial charge in [-0.1, -0.05) is 71.4 Å². The average molecular weight is 264 g/mol. The molecular formula is C18H29F. The molecule has 0 N–H and O–H groups in total. The van der Waals surface area contributed by atoms with Gasteiger partial charge in [0.1, 0.15) is 5.82 Å². The highest BCUT2D eigenvalue weighted by molar-refractivity contribution is 5.16. The van der Waals surface area contributed by atoms with E-state index in [0.717, 1.165) is 18.3 Å². The lowest BCUT2D eigenvalue weighted by Gasteiger charge is -2.15. The summed E-state index contributed by atoms with van der Waals surface area (Å²) < 4.78 is 12.9. The zero-order valence-corrected chi connectivity index (χ0v) is 12.8. The SMILES string of the molecule is CCC(CCCCCC(C)C)Cc1ccc(F)cc1. The van der Waals surface area contributed by atoms with Crippen LogP contribution in [-0.2, 0) is 6.42 Å². The Morgan fingerprint density at radius 1 is 0.947 bits per heavy atom. The maximum absolute atomic E-state index is 12.9. The predicted molar refractivity (Wildman–Crippen MR) is 81.8 cm³/mol. The zero-order chi connectivity index (χ0) is 14.1. The largest absolute Gasteiger partial charge is 0.207 e. The van der Waals surface area contributed by atoms with Crippen molar-refractivity contribution >= 4 is 0 Å². The van der Waals surface area contributed by atoms with E-state index >= 15 is 0 Å². The lowest BCUT2D eigenvalue weighted by Crippen LogP contribution is -2.03. The first kappa shape index (κ1) is 16.2. The molecule has 0 nitrogen and oxygen atoms in total. The van der Waals surface area contributed by atoms with E-state index in [2.05, 4.69) is 20.8 Å². The van der Waals surface area contributed by atoms with E-state index in [4.69, 9.17) is 0 Å². The minimum Gasteiger partial charge on any atom is -0.207 e. The quantitative estimate of drug-likeness (QED) is 0.480. The van der Waals surface area contributed by atoms with E-state index in [1.807, 2.05) is 12.1 Å². The Balaban J connectivity index is 2.24. The molecule has 0 aliphatic carbocycles. The van der Waals surface area contributed by atoms with Crippen LogP contribution >= 0.6 is 0 Å². The van der Waals surface area contributed by atoms with Gasteiger partial charge < -0.3 is 0 Å². The predicted octanol–water partition coefficient (Wildman–Crippen LogP) is 6.00. The summed E-state index contributed by atoms with van der Waals surface area (Å²) in [6, 6.07) is 7.00. The molecule has 1 aromatic carbocycles. The van der Waals surface area contributed by atoms with Crippen LogP contribution in [0.4, 0.5) is 4.39 Å². The smallest absolute Gasteiger partial charge is 0.123 e. The summed E-state index contributed by atoms with van der Waals surface area (Å²) >= 11 is 0. The minimum absolute atomic E-state index is 0.134. The second-order valence-corrected chi connectivity index (χ2v) is 6.14. The maximum atomic E-state index is 12.9. The second-order valence-electron chi connectivity index (χ2n) is 6.14. The molecule has 1 heteroatoms. The van der Waals surface area contributed by atoms with Crippen molar-refractivity contribution in [3.8, 4) is 0 Å². The van der Waals surface area contributed by atoms with Crippen molar-refractivity contribution in [2.75, 3.05) is 0 Å². The van der Waals surface area contributed by atoms with Crippen LogP contribution in [0.15, 0.2) is 24.3 Å². The van der Waals surface area contributed by atoms with Crippen LogP contribution in [0.2, 0.25) is 0 Å². The minimum atomic E-state index is -0.134. The topological polar surface area (TPSA) is 0 Å². The van der Waals surface area contributed by atoms with Crippen LogP contribution < -0.4 is 0 Å². The summed E-state index contributed by atoms with van der Waals surface area (Å²) in [4.78, 5) is 0. The van der Waals surface area contributed by atoms with Crippen molar-refractivity contribution < 1.29 is 4.39 Å². The van der Waals surface area contributed by atoms with Crippen molar-refractivity contribution in [3.05, 3.63) is 35.6 Å². The van der Waals surface area contributed by atoms with Gasteiger partial charge in [0.15, 0.2) is 0 Å². The number of unbranched alkanes of at least 4 members (excludes halogenated alkanes) is 2. The number of hydrogen-bond acceptors (Lipinski definition) is 0. The molecule has 0 saturated heterocycles. The summed E-state index contributed by atoms with van der Waals surface area (Å²) in [7, 11) is 0. The summed E-state index contributed by atoms with van der Waals surface area (Å²) in [5, 5.41) is 0. The number of halogens is 1. The van der Waals surface area contributed by atoms with Gasteiger partial charge in [0.2, 0.25) is 0 Å². The molecule has 0 aliphatic rings. The van der Waals surface area contributed by atoms with Gasteiger partial charge in [0, 0.05) is 0 Å². The van der Waals surface area contributed by atoms with Crippen LogP contribution in [0.25, 0.3) is 0 Å². The highest BCUT2D eigenvalue weighted by atomic mass is 19.1.